The van der Waals surface area contributed by atoms with Crippen LogP contribution in [0, 0.1) is 0 Å². The molecule has 1 heterocycles. The first-order valence-corrected chi connectivity index (χ1v) is 11.3. The Morgan fingerprint density at radius 2 is 1.79 bits per heavy atom. The lowest BCUT2D eigenvalue weighted by Gasteiger charge is -2.35. The third-order valence-electron chi connectivity index (χ3n) is 4.43. The molecule has 0 N–H and O–H groups in total. The van der Waals surface area contributed by atoms with Crippen molar-refractivity contribution in [3.05, 3.63) is 29.8 Å². The first-order chi connectivity index (χ1) is 9.00. The lowest BCUT2D eigenvalue weighted by Crippen LogP contribution is -2.39. The van der Waals surface area contributed by atoms with E-state index in [1.54, 1.807) is 5.19 Å². The second-order valence-electron chi connectivity index (χ2n) is 6.98. The molecule has 1 aromatic rings. The van der Waals surface area contributed by atoms with Gasteiger partial charge in [0.15, 0.2) is 0 Å². The highest BCUT2D eigenvalue weighted by atomic mass is 28.3. The van der Waals surface area contributed by atoms with Gasteiger partial charge in [-0.1, -0.05) is 62.4 Å². The zero-order chi connectivity index (χ0) is 13.9. The van der Waals surface area contributed by atoms with Gasteiger partial charge in [0.2, 0.25) is 0 Å². The van der Waals surface area contributed by atoms with E-state index in [4.69, 9.17) is 0 Å². The van der Waals surface area contributed by atoms with Crippen LogP contribution in [0.5, 0.6) is 0 Å². The predicted molar refractivity (Wildman–Crippen MR) is 87.8 cm³/mol. The van der Waals surface area contributed by atoms with E-state index in [-0.39, 0.29) is 0 Å². The molecule has 0 saturated carbocycles. The van der Waals surface area contributed by atoms with Gasteiger partial charge in [0, 0.05) is 12.6 Å². The van der Waals surface area contributed by atoms with E-state index in [1.807, 2.05) is 0 Å². The van der Waals surface area contributed by atoms with E-state index in [0.29, 0.717) is 0 Å². The molecule has 0 radical (unpaired) electrons. The molecule has 0 aliphatic carbocycles. The number of benzene rings is 1. The summed E-state index contributed by atoms with van der Waals surface area (Å²) >= 11 is 0. The van der Waals surface area contributed by atoms with Gasteiger partial charge in [-0.3, -0.25) is 4.90 Å². The van der Waals surface area contributed by atoms with Crippen molar-refractivity contribution >= 4 is 13.3 Å². The molecule has 0 spiro atoms. The van der Waals surface area contributed by atoms with Crippen LogP contribution in [0.25, 0.3) is 0 Å². The fourth-order valence-electron chi connectivity index (χ4n) is 3.08. The number of rotatable bonds is 4. The van der Waals surface area contributed by atoms with Gasteiger partial charge in [0.25, 0.3) is 0 Å². The molecular formula is C17H29NSi. The Morgan fingerprint density at radius 3 is 2.37 bits per heavy atom. The van der Waals surface area contributed by atoms with E-state index < -0.39 is 8.07 Å². The van der Waals surface area contributed by atoms with Gasteiger partial charge in [-0.25, -0.2) is 0 Å². The van der Waals surface area contributed by atoms with Crippen molar-refractivity contribution in [2.75, 3.05) is 6.54 Å². The maximum atomic E-state index is 2.69. The first-order valence-electron chi connectivity index (χ1n) is 7.84. The average Bonchev–Trinajstić information content (AvgIpc) is 2.39. The van der Waals surface area contributed by atoms with Gasteiger partial charge in [-0.05, 0) is 31.4 Å². The molecule has 1 aliphatic heterocycles. The lowest BCUT2D eigenvalue weighted by atomic mass is 9.99. The van der Waals surface area contributed by atoms with Gasteiger partial charge in [0.1, 0.15) is 0 Å². The highest BCUT2D eigenvalue weighted by Crippen LogP contribution is 2.21. The number of nitrogens with zero attached hydrogens (tertiary/aromatic N) is 1. The van der Waals surface area contributed by atoms with Gasteiger partial charge in [-0.2, -0.15) is 0 Å². The number of hydrogen-bond donors (Lipinski definition) is 0. The van der Waals surface area contributed by atoms with Crippen LogP contribution in [0.15, 0.2) is 24.3 Å². The average molecular weight is 276 g/mol. The molecule has 1 nitrogen and oxygen atoms in total. The van der Waals surface area contributed by atoms with Crippen LogP contribution >= 0.6 is 0 Å². The van der Waals surface area contributed by atoms with E-state index in [0.717, 1.165) is 12.6 Å². The summed E-state index contributed by atoms with van der Waals surface area (Å²) in [5.41, 5.74) is 1.49. The molecule has 106 valence electrons. The summed E-state index contributed by atoms with van der Waals surface area (Å²) in [6, 6.07) is 10.3. The van der Waals surface area contributed by atoms with Crippen LogP contribution in [-0.4, -0.2) is 25.6 Å². The van der Waals surface area contributed by atoms with Crippen molar-refractivity contribution in [1.29, 1.82) is 0 Å². The molecule has 1 aliphatic rings. The summed E-state index contributed by atoms with van der Waals surface area (Å²) in [6.07, 6.45) is 5.49. The topological polar surface area (TPSA) is 3.24 Å². The summed E-state index contributed by atoms with van der Waals surface area (Å²) in [5.74, 6) is 0. The summed E-state index contributed by atoms with van der Waals surface area (Å²) in [6.45, 7) is 12.0. The van der Waals surface area contributed by atoms with Crippen LogP contribution in [-0.2, 0) is 6.54 Å². The zero-order valence-electron chi connectivity index (χ0n) is 13.1. The largest absolute Gasteiger partial charge is 0.296 e. The van der Waals surface area contributed by atoms with Crippen LogP contribution in [0.1, 0.15) is 38.2 Å². The molecule has 0 aromatic heterocycles. The van der Waals surface area contributed by atoms with Crippen molar-refractivity contribution in [2.45, 2.75) is 64.8 Å². The molecule has 1 saturated heterocycles. The van der Waals surface area contributed by atoms with Crippen LogP contribution < -0.4 is 5.19 Å². The SMILES string of the molecule is CCC1CCCCN1Cc1ccc([Si](C)(C)C)cc1. The molecule has 1 atom stereocenters. The highest BCUT2D eigenvalue weighted by Gasteiger charge is 2.21. The summed E-state index contributed by atoms with van der Waals surface area (Å²) in [4.78, 5) is 2.69. The van der Waals surface area contributed by atoms with Crippen molar-refractivity contribution in [2.24, 2.45) is 0 Å². The molecule has 0 amide bonds. The normalized spacial score (nSPS) is 21.6. The molecular weight excluding hydrogens is 246 g/mol. The minimum Gasteiger partial charge on any atom is -0.296 e. The van der Waals surface area contributed by atoms with E-state index >= 15 is 0 Å². The second kappa shape index (κ2) is 6.23. The minimum absolute atomic E-state index is 0.811. The van der Waals surface area contributed by atoms with Gasteiger partial charge in [0.05, 0.1) is 8.07 Å². The van der Waals surface area contributed by atoms with E-state index in [1.165, 1.54) is 37.8 Å². The Hall–Kier alpha value is -0.603. The van der Waals surface area contributed by atoms with Crippen molar-refractivity contribution < 1.29 is 0 Å². The van der Waals surface area contributed by atoms with Crippen molar-refractivity contribution in [3.63, 3.8) is 0 Å². The number of piperidine rings is 1. The predicted octanol–water partition coefficient (Wildman–Crippen LogP) is 4.00. The maximum absolute atomic E-state index is 2.69. The fraction of sp³-hybridized carbons (Fsp3) is 0.647. The zero-order valence-corrected chi connectivity index (χ0v) is 14.1. The van der Waals surface area contributed by atoms with Gasteiger partial charge >= 0.3 is 0 Å². The molecule has 2 heteroatoms. The van der Waals surface area contributed by atoms with Gasteiger partial charge in [-0.15, -0.1) is 0 Å². The minimum atomic E-state index is -1.14. The van der Waals surface area contributed by atoms with Gasteiger partial charge < -0.3 is 0 Å². The van der Waals surface area contributed by atoms with Crippen LogP contribution in [0.4, 0.5) is 0 Å². The molecule has 0 bridgehead atoms. The molecule has 1 fully saturated rings. The third kappa shape index (κ3) is 3.93. The summed E-state index contributed by atoms with van der Waals surface area (Å²) < 4.78 is 0. The maximum Gasteiger partial charge on any atom is 0.0775 e. The molecule has 1 unspecified atom stereocenters. The smallest absolute Gasteiger partial charge is 0.0775 e. The van der Waals surface area contributed by atoms with Crippen LogP contribution in [0.3, 0.4) is 0 Å². The number of likely N-dealkylation sites (tertiary alicyclic amines) is 1. The molecule has 1 aromatic carbocycles. The molecule has 19 heavy (non-hydrogen) atoms. The Balaban J connectivity index is 2.02. The standard InChI is InChI=1S/C17H29NSi/c1-5-16-8-6-7-13-18(16)14-15-9-11-17(12-10-15)19(2,3)4/h9-12,16H,5-8,13-14H2,1-4H3. The van der Waals surface area contributed by atoms with E-state index in [9.17, 15) is 0 Å². The summed E-state index contributed by atoms with van der Waals surface area (Å²) in [5, 5.41) is 1.57. The van der Waals surface area contributed by atoms with E-state index in [2.05, 4.69) is 55.7 Å². The summed E-state index contributed by atoms with van der Waals surface area (Å²) in [7, 11) is -1.14. The molecule has 2 rings (SSSR count). The lowest BCUT2D eigenvalue weighted by molar-refractivity contribution is 0.136. The highest BCUT2D eigenvalue weighted by molar-refractivity contribution is 6.88. The quantitative estimate of drug-likeness (QED) is 0.751. The Morgan fingerprint density at radius 1 is 1.11 bits per heavy atom. The first kappa shape index (κ1) is 14.8. The number of hydrogen-bond acceptors (Lipinski definition) is 1. The Kier molecular flexibility index (Phi) is 4.85. The van der Waals surface area contributed by atoms with Crippen molar-refractivity contribution in [3.8, 4) is 0 Å². The Labute approximate surface area is 120 Å². The fourth-order valence-corrected chi connectivity index (χ4v) is 4.24. The second-order valence-corrected chi connectivity index (χ2v) is 12.1. The monoisotopic (exact) mass is 275 g/mol. The third-order valence-corrected chi connectivity index (χ3v) is 6.49. The van der Waals surface area contributed by atoms with Crippen LogP contribution in [0.2, 0.25) is 19.6 Å². The van der Waals surface area contributed by atoms with Crippen molar-refractivity contribution in [1.82, 2.24) is 4.90 Å². The Bertz CT molecular complexity index is 391.